The van der Waals surface area contributed by atoms with E-state index in [-0.39, 0.29) is 36.1 Å². The molecule has 0 atom stereocenters. The Bertz CT molecular complexity index is 691. The van der Waals surface area contributed by atoms with Crippen molar-refractivity contribution in [1.29, 1.82) is 0 Å². The number of rotatable bonds is 6. The third-order valence-corrected chi connectivity index (χ3v) is 4.84. The van der Waals surface area contributed by atoms with E-state index >= 15 is 0 Å². The summed E-state index contributed by atoms with van der Waals surface area (Å²) in [5.41, 5.74) is 2.94. The van der Waals surface area contributed by atoms with Gasteiger partial charge in [0, 0.05) is 43.0 Å². The van der Waals surface area contributed by atoms with Gasteiger partial charge in [0.2, 0.25) is 0 Å². The fourth-order valence-corrected chi connectivity index (χ4v) is 3.32. The Hall–Kier alpha value is -1.78. The Morgan fingerprint density at radius 1 is 1.31 bits per heavy atom. The van der Waals surface area contributed by atoms with Crippen LogP contribution in [0.2, 0.25) is 0 Å². The van der Waals surface area contributed by atoms with Crippen LogP contribution in [0, 0.1) is 13.8 Å². The number of pyridine rings is 1. The molecule has 1 aliphatic rings. The van der Waals surface area contributed by atoms with E-state index in [9.17, 15) is 4.79 Å². The van der Waals surface area contributed by atoms with E-state index in [0.717, 1.165) is 47.9 Å². The second kappa shape index (κ2) is 12.7. The number of aliphatic imine (C=N–C) groups is 1. The van der Waals surface area contributed by atoms with Gasteiger partial charge in [0.1, 0.15) is 5.75 Å². The molecule has 2 heterocycles. The van der Waals surface area contributed by atoms with Crippen LogP contribution in [0.25, 0.3) is 0 Å². The minimum absolute atomic E-state index is 0. The number of nitrogens with one attached hydrogen (secondary N) is 2. The van der Waals surface area contributed by atoms with Crippen molar-refractivity contribution in [2.45, 2.75) is 53.1 Å². The molecule has 1 amide bonds. The lowest BCUT2D eigenvalue weighted by Crippen LogP contribution is -2.49. The number of guanidine groups is 1. The number of nitrogens with zero attached hydrogens (tertiary/aromatic N) is 3. The standard InChI is InChI=1S/C20H33N5O3.HI/c1-6-21-19(23-13-17-15(4)18(27-5)14(3)12-22-17)24-16-8-10-25(11-9-16)20(26)28-7-2;/h12,16H,6-11,13H2,1-5H3,(H2,21,23,24);1H. The number of aromatic nitrogens is 1. The molecule has 9 heteroatoms. The number of halogens is 1. The first-order chi connectivity index (χ1) is 13.5. The van der Waals surface area contributed by atoms with Crippen LogP contribution in [-0.4, -0.2) is 61.3 Å². The zero-order valence-electron chi connectivity index (χ0n) is 18.1. The molecule has 2 N–H and O–H groups in total. The van der Waals surface area contributed by atoms with Crippen molar-refractivity contribution >= 4 is 36.0 Å². The van der Waals surface area contributed by atoms with Crippen LogP contribution < -0.4 is 15.4 Å². The van der Waals surface area contributed by atoms with E-state index in [0.29, 0.717) is 26.2 Å². The van der Waals surface area contributed by atoms with Gasteiger partial charge in [-0.2, -0.15) is 0 Å². The molecule has 0 saturated carbocycles. The highest BCUT2D eigenvalue weighted by atomic mass is 127. The summed E-state index contributed by atoms with van der Waals surface area (Å²) in [4.78, 5) is 22.8. The van der Waals surface area contributed by atoms with Gasteiger partial charge in [-0.25, -0.2) is 9.79 Å². The second-order valence-electron chi connectivity index (χ2n) is 6.85. The van der Waals surface area contributed by atoms with Gasteiger partial charge in [-0.15, -0.1) is 24.0 Å². The number of piperidine rings is 1. The van der Waals surface area contributed by atoms with Crippen molar-refractivity contribution in [3.63, 3.8) is 0 Å². The molecule has 164 valence electrons. The minimum atomic E-state index is -0.226. The number of methoxy groups -OCH3 is 1. The summed E-state index contributed by atoms with van der Waals surface area (Å²) >= 11 is 0. The number of amides is 1. The molecule has 0 unspecified atom stereocenters. The van der Waals surface area contributed by atoms with Gasteiger partial charge in [0.25, 0.3) is 0 Å². The molecule has 1 saturated heterocycles. The SMILES string of the molecule is CCNC(=NCc1ncc(C)c(OC)c1C)NC1CCN(C(=O)OCC)CC1.I. The first-order valence-corrected chi connectivity index (χ1v) is 9.95. The van der Waals surface area contributed by atoms with E-state index in [4.69, 9.17) is 14.5 Å². The molecular formula is C20H34IN5O3. The first-order valence-electron chi connectivity index (χ1n) is 9.95. The lowest BCUT2D eigenvalue weighted by Gasteiger charge is -2.32. The van der Waals surface area contributed by atoms with Gasteiger partial charge < -0.3 is 25.0 Å². The highest BCUT2D eigenvalue weighted by Crippen LogP contribution is 2.24. The van der Waals surface area contributed by atoms with Crippen LogP contribution in [0.1, 0.15) is 43.5 Å². The summed E-state index contributed by atoms with van der Waals surface area (Å²) in [7, 11) is 1.68. The maximum Gasteiger partial charge on any atom is 0.409 e. The van der Waals surface area contributed by atoms with Crippen LogP contribution in [0.15, 0.2) is 11.2 Å². The van der Waals surface area contributed by atoms with Gasteiger partial charge in [-0.3, -0.25) is 4.98 Å². The number of aryl methyl sites for hydroxylation is 1. The Morgan fingerprint density at radius 3 is 2.59 bits per heavy atom. The number of carbonyl (C=O) groups is 1. The Balaban J connectivity index is 0.00000420. The lowest BCUT2D eigenvalue weighted by atomic mass is 10.1. The lowest BCUT2D eigenvalue weighted by molar-refractivity contribution is 0.0963. The van der Waals surface area contributed by atoms with Crippen molar-refractivity contribution in [3.8, 4) is 5.75 Å². The fourth-order valence-electron chi connectivity index (χ4n) is 3.32. The molecule has 1 aromatic heterocycles. The Labute approximate surface area is 190 Å². The number of ether oxygens (including phenoxy) is 2. The molecule has 29 heavy (non-hydrogen) atoms. The number of likely N-dealkylation sites (tertiary alicyclic amines) is 1. The van der Waals surface area contributed by atoms with Crippen LogP contribution in [0.3, 0.4) is 0 Å². The second-order valence-corrected chi connectivity index (χ2v) is 6.85. The average molecular weight is 519 g/mol. The number of hydrogen-bond donors (Lipinski definition) is 2. The number of carbonyl (C=O) groups excluding carboxylic acids is 1. The van der Waals surface area contributed by atoms with E-state index in [1.54, 1.807) is 12.0 Å². The molecule has 2 rings (SSSR count). The van der Waals surface area contributed by atoms with Gasteiger partial charge in [-0.1, -0.05) is 0 Å². The first kappa shape index (κ1) is 25.3. The van der Waals surface area contributed by atoms with E-state index in [1.807, 2.05) is 33.9 Å². The fraction of sp³-hybridized carbons (Fsp3) is 0.650. The summed E-state index contributed by atoms with van der Waals surface area (Å²) in [6.45, 7) is 10.9. The van der Waals surface area contributed by atoms with Crippen molar-refractivity contribution in [2.24, 2.45) is 4.99 Å². The van der Waals surface area contributed by atoms with Crippen LogP contribution in [0.4, 0.5) is 4.79 Å². The molecule has 0 aromatic carbocycles. The predicted molar refractivity (Wildman–Crippen MR) is 125 cm³/mol. The largest absolute Gasteiger partial charge is 0.496 e. The van der Waals surface area contributed by atoms with Crippen molar-refractivity contribution in [1.82, 2.24) is 20.5 Å². The zero-order chi connectivity index (χ0) is 20.5. The summed E-state index contributed by atoms with van der Waals surface area (Å²) < 4.78 is 10.6. The molecule has 1 aromatic rings. The van der Waals surface area contributed by atoms with Crippen LogP contribution in [-0.2, 0) is 11.3 Å². The van der Waals surface area contributed by atoms with Gasteiger partial charge >= 0.3 is 6.09 Å². The van der Waals surface area contributed by atoms with Crippen molar-refractivity contribution in [3.05, 3.63) is 23.0 Å². The summed E-state index contributed by atoms with van der Waals surface area (Å²) in [6.07, 6.45) is 3.32. The molecular weight excluding hydrogens is 485 g/mol. The summed E-state index contributed by atoms with van der Waals surface area (Å²) in [5.74, 6) is 1.63. The van der Waals surface area contributed by atoms with E-state index in [2.05, 4.69) is 15.6 Å². The molecule has 8 nitrogen and oxygen atoms in total. The summed E-state index contributed by atoms with van der Waals surface area (Å²) in [5, 5.41) is 6.77. The van der Waals surface area contributed by atoms with Crippen LogP contribution in [0.5, 0.6) is 5.75 Å². The van der Waals surface area contributed by atoms with E-state index in [1.165, 1.54) is 0 Å². The van der Waals surface area contributed by atoms with E-state index < -0.39 is 0 Å². The van der Waals surface area contributed by atoms with Gasteiger partial charge in [0.05, 0.1) is 26.0 Å². The van der Waals surface area contributed by atoms with Crippen LogP contribution >= 0.6 is 24.0 Å². The average Bonchev–Trinajstić information content (AvgIpc) is 2.68. The molecule has 1 fully saturated rings. The predicted octanol–water partition coefficient (Wildman–Crippen LogP) is 3.00. The van der Waals surface area contributed by atoms with Crippen molar-refractivity contribution < 1.29 is 14.3 Å². The third kappa shape index (κ3) is 7.20. The third-order valence-electron chi connectivity index (χ3n) is 4.84. The minimum Gasteiger partial charge on any atom is -0.496 e. The normalized spacial score (nSPS) is 14.8. The quantitative estimate of drug-likeness (QED) is 0.342. The maximum atomic E-state index is 11.8. The molecule has 0 radical (unpaired) electrons. The Morgan fingerprint density at radius 2 is 2.00 bits per heavy atom. The molecule has 0 spiro atoms. The topological polar surface area (TPSA) is 88.1 Å². The molecule has 0 aliphatic carbocycles. The maximum absolute atomic E-state index is 11.8. The van der Waals surface area contributed by atoms with Gasteiger partial charge in [0.15, 0.2) is 5.96 Å². The summed E-state index contributed by atoms with van der Waals surface area (Å²) in [6, 6.07) is 0.269. The molecule has 1 aliphatic heterocycles. The monoisotopic (exact) mass is 519 g/mol. The van der Waals surface area contributed by atoms with Crippen molar-refractivity contribution in [2.75, 3.05) is 33.4 Å². The Kier molecular flexibility index (Phi) is 11.1. The highest BCUT2D eigenvalue weighted by molar-refractivity contribution is 14.0. The zero-order valence-corrected chi connectivity index (χ0v) is 20.4. The highest BCUT2D eigenvalue weighted by Gasteiger charge is 2.24. The van der Waals surface area contributed by atoms with Gasteiger partial charge in [-0.05, 0) is 40.5 Å². The molecule has 0 bridgehead atoms. The number of hydrogen-bond acceptors (Lipinski definition) is 5. The smallest absolute Gasteiger partial charge is 0.409 e.